The lowest BCUT2D eigenvalue weighted by molar-refractivity contribution is -0.529. The van der Waals surface area contributed by atoms with Gasteiger partial charge in [-0.1, -0.05) is 30.3 Å². The van der Waals surface area contributed by atoms with Gasteiger partial charge in [0.05, 0.1) is 0 Å². The smallest absolute Gasteiger partial charge is 0.418 e. The highest BCUT2D eigenvalue weighted by molar-refractivity contribution is 5.76. The molecule has 7 nitrogen and oxygen atoms in total. The summed E-state index contributed by atoms with van der Waals surface area (Å²) in [6.45, 7) is 3.51. The third-order valence-electron chi connectivity index (χ3n) is 2.62. The van der Waals surface area contributed by atoms with E-state index < -0.39 is 22.5 Å². The summed E-state index contributed by atoms with van der Waals surface area (Å²) < 4.78 is 9.37. The van der Waals surface area contributed by atoms with Crippen LogP contribution in [0.25, 0.3) is 0 Å². The normalized spacial score (nSPS) is 12.3. The van der Waals surface area contributed by atoms with Crippen LogP contribution in [0.1, 0.15) is 19.4 Å². The minimum absolute atomic E-state index is 0.0924. The largest absolute Gasteiger partial charge is 0.456 e. The lowest BCUT2D eigenvalue weighted by atomic mass is 9.99. The Balaban J connectivity index is 2.75. The summed E-state index contributed by atoms with van der Waals surface area (Å²) in [5, 5.41) is 11.0. The molecule has 0 bridgehead atoms. The van der Waals surface area contributed by atoms with E-state index >= 15 is 0 Å². The Bertz CT molecular complexity index is 485. The van der Waals surface area contributed by atoms with Crippen LogP contribution in [0.5, 0.6) is 0 Å². The summed E-state index contributed by atoms with van der Waals surface area (Å²) in [6.07, 6.45) is 0. The van der Waals surface area contributed by atoms with Crippen LogP contribution in [-0.2, 0) is 25.7 Å². The monoisotopic (exact) mass is 280 g/mol. The number of rotatable bonds is 7. The van der Waals surface area contributed by atoms with Crippen molar-refractivity contribution in [2.45, 2.75) is 32.1 Å². The Morgan fingerprint density at radius 2 is 2.00 bits per heavy atom. The van der Waals surface area contributed by atoms with Crippen molar-refractivity contribution < 1.29 is 24.0 Å². The molecule has 0 N–H and O–H groups in total. The number of nitro groups is 1. The second kappa shape index (κ2) is 6.65. The lowest BCUT2D eigenvalue weighted by Gasteiger charge is -2.23. The third-order valence-corrected chi connectivity index (χ3v) is 2.62. The van der Waals surface area contributed by atoms with Crippen LogP contribution in [0.2, 0.25) is 0 Å². The summed E-state index contributed by atoms with van der Waals surface area (Å²) in [7, 11) is 0. The van der Waals surface area contributed by atoms with Gasteiger partial charge in [0.2, 0.25) is 0 Å². The Labute approximate surface area is 115 Å². The topological polar surface area (TPSA) is 95.7 Å². The van der Waals surface area contributed by atoms with E-state index in [1.165, 1.54) is 13.8 Å². The van der Waals surface area contributed by atoms with Crippen LogP contribution < -0.4 is 0 Å². The predicted octanol–water partition coefficient (Wildman–Crippen LogP) is 1.24. The van der Waals surface area contributed by atoms with Crippen molar-refractivity contribution in [2.24, 2.45) is 0 Å². The van der Waals surface area contributed by atoms with E-state index in [2.05, 4.69) is 4.74 Å². The number of carbonyl (C=O) groups excluding carboxylic acids is 2. The molecule has 0 amide bonds. The fraction of sp³-hybridized carbons (Fsp3) is 0.385. The molecule has 1 rings (SSSR count). The number of carbonyl (C=O) groups is 1. The molecular formula is C13H14NO6. The highest BCUT2D eigenvalue weighted by Crippen LogP contribution is 2.18. The van der Waals surface area contributed by atoms with Crippen molar-refractivity contribution >= 4 is 12.4 Å². The lowest BCUT2D eigenvalue weighted by Crippen LogP contribution is -2.50. The Kier molecular flexibility index (Phi) is 5.19. The van der Waals surface area contributed by atoms with Crippen LogP contribution in [0, 0.1) is 10.1 Å². The zero-order valence-corrected chi connectivity index (χ0v) is 11.1. The summed E-state index contributed by atoms with van der Waals surface area (Å²) in [6, 6.07) is 6.92. The van der Waals surface area contributed by atoms with Crippen LogP contribution >= 0.6 is 0 Å². The highest BCUT2D eigenvalue weighted by atomic mass is 16.6. The van der Waals surface area contributed by atoms with Crippen molar-refractivity contribution in [3.8, 4) is 0 Å². The molecule has 7 heteroatoms. The van der Waals surface area contributed by atoms with Crippen molar-refractivity contribution in [1.82, 2.24) is 0 Å². The molecule has 1 atom stereocenters. The second-order valence-electron chi connectivity index (χ2n) is 4.57. The van der Waals surface area contributed by atoms with Crippen LogP contribution in [0.4, 0.5) is 0 Å². The van der Waals surface area contributed by atoms with Gasteiger partial charge in [-0.2, -0.15) is 0 Å². The minimum Gasteiger partial charge on any atom is -0.456 e. The van der Waals surface area contributed by atoms with Crippen molar-refractivity contribution in [3.05, 3.63) is 46.0 Å². The third kappa shape index (κ3) is 4.04. The van der Waals surface area contributed by atoms with Gasteiger partial charge in [0, 0.05) is 4.92 Å². The molecular weight excluding hydrogens is 266 g/mol. The average Bonchev–Trinajstić information content (AvgIpc) is 2.36. The van der Waals surface area contributed by atoms with Crippen molar-refractivity contribution in [3.63, 3.8) is 0 Å². The molecule has 1 radical (unpaired) electrons. The maximum atomic E-state index is 11.8. The number of esters is 1. The van der Waals surface area contributed by atoms with Crippen molar-refractivity contribution in [2.75, 3.05) is 0 Å². The zero-order chi connectivity index (χ0) is 15.2. The quantitative estimate of drug-likeness (QED) is 0.423. The van der Waals surface area contributed by atoms with Crippen molar-refractivity contribution in [1.29, 1.82) is 0 Å². The molecule has 0 heterocycles. The summed E-state index contributed by atoms with van der Waals surface area (Å²) in [4.78, 5) is 32.2. The van der Waals surface area contributed by atoms with E-state index in [1.807, 2.05) is 0 Å². The van der Waals surface area contributed by atoms with Crippen LogP contribution in [0.15, 0.2) is 30.3 Å². The van der Waals surface area contributed by atoms with Gasteiger partial charge < -0.3 is 9.47 Å². The number of hydrogen-bond donors (Lipinski definition) is 0. The molecule has 107 valence electrons. The van der Waals surface area contributed by atoms with E-state index in [9.17, 15) is 19.7 Å². The number of ether oxygens (including phenoxy) is 2. The van der Waals surface area contributed by atoms with Gasteiger partial charge in [0.1, 0.15) is 6.61 Å². The van der Waals surface area contributed by atoms with E-state index in [0.717, 1.165) is 6.47 Å². The molecule has 0 spiro atoms. The number of hydrogen-bond acceptors (Lipinski definition) is 6. The Morgan fingerprint density at radius 3 is 2.50 bits per heavy atom. The SMILES string of the molecule is CC(C)(O[C]=O)C(C(=O)OCc1ccccc1)[N+](=O)[O-]. The number of benzene rings is 1. The molecule has 1 aromatic rings. The maximum absolute atomic E-state index is 11.8. The van der Waals surface area contributed by atoms with Gasteiger partial charge in [-0.25, -0.2) is 9.59 Å². The van der Waals surface area contributed by atoms with E-state index in [-0.39, 0.29) is 6.61 Å². The average molecular weight is 280 g/mol. The molecule has 0 fully saturated rings. The summed E-state index contributed by atoms with van der Waals surface area (Å²) in [5.74, 6) is -1.07. The molecule has 0 saturated carbocycles. The molecule has 0 aliphatic carbocycles. The predicted molar refractivity (Wildman–Crippen MR) is 67.9 cm³/mol. The van der Waals surface area contributed by atoms with E-state index in [4.69, 9.17) is 4.74 Å². The highest BCUT2D eigenvalue weighted by Gasteiger charge is 2.48. The first-order valence-corrected chi connectivity index (χ1v) is 5.77. The van der Waals surface area contributed by atoms with Gasteiger partial charge in [0.15, 0.2) is 5.60 Å². The fourth-order valence-electron chi connectivity index (χ4n) is 1.59. The molecule has 0 aliphatic rings. The Hall–Kier alpha value is -2.44. The summed E-state index contributed by atoms with van der Waals surface area (Å²) >= 11 is 0. The maximum Gasteiger partial charge on any atom is 0.418 e. The summed E-state index contributed by atoms with van der Waals surface area (Å²) in [5.41, 5.74) is -0.942. The molecule has 20 heavy (non-hydrogen) atoms. The standard InChI is InChI=1S/C13H14NO6/c1-13(2,20-9-15)11(14(17)18)12(16)19-8-10-6-4-3-5-7-10/h3-7,11H,8H2,1-2H3. The molecule has 0 aliphatic heterocycles. The second-order valence-corrected chi connectivity index (χ2v) is 4.57. The minimum atomic E-state index is -1.81. The van der Waals surface area contributed by atoms with Gasteiger partial charge in [-0.05, 0) is 19.4 Å². The number of nitrogens with zero attached hydrogens (tertiary/aromatic N) is 1. The fourth-order valence-corrected chi connectivity index (χ4v) is 1.59. The van der Waals surface area contributed by atoms with Crippen LogP contribution in [0.3, 0.4) is 0 Å². The first-order valence-electron chi connectivity index (χ1n) is 5.77. The van der Waals surface area contributed by atoms with Gasteiger partial charge in [-0.15, -0.1) is 0 Å². The molecule has 0 aromatic heterocycles. The molecule has 1 aromatic carbocycles. The first kappa shape index (κ1) is 15.6. The zero-order valence-electron chi connectivity index (χ0n) is 11.1. The van der Waals surface area contributed by atoms with Crippen LogP contribution in [-0.4, -0.2) is 29.0 Å². The van der Waals surface area contributed by atoms with Gasteiger partial charge in [0.25, 0.3) is 0 Å². The molecule has 0 saturated heterocycles. The van der Waals surface area contributed by atoms with E-state index in [0.29, 0.717) is 5.56 Å². The Morgan fingerprint density at radius 1 is 1.40 bits per heavy atom. The van der Waals surface area contributed by atoms with E-state index in [1.54, 1.807) is 30.3 Å². The first-order chi connectivity index (χ1) is 9.38. The molecule has 1 unspecified atom stereocenters. The van der Waals surface area contributed by atoms with Gasteiger partial charge >= 0.3 is 18.5 Å². The van der Waals surface area contributed by atoms with Gasteiger partial charge in [-0.3, -0.25) is 10.1 Å².